The topological polar surface area (TPSA) is 85.6 Å². The summed E-state index contributed by atoms with van der Waals surface area (Å²) in [5.74, 6) is -0.972. The van der Waals surface area contributed by atoms with Crippen LogP contribution in [-0.2, 0) is 23.1 Å². The molecule has 18 heavy (non-hydrogen) atoms. The highest BCUT2D eigenvalue weighted by atomic mass is 16.5. The number of aromatic nitrogens is 2. The maximum Gasteiger partial charge on any atom is 0.339 e. The number of rotatable bonds is 8. The van der Waals surface area contributed by atoms with E-state index in [2.05, 4.69) is 10.4 Å². The number of aryl methyl sites for hydroxylation is 1. The van der Waals surface area contributed by atoms with Gasteiger partial charge < -0.3 is 19.9 Å². The number of carbonyl (C=O) groups is 1. The molecule has 7 heteroatoms. The molecule has 1 aromatic rings. The number of nitrogens with one attached hydrogen (secondary N) is 1. The zero-order chi connectivity index (χ0) is 13.5. The van der Waals surface area contributed by atoms with Gasteiger partial charge in [-0.05, 0) is 0 Å². The number of ether oxygens (including phenoxy) is 2. The van der Waals surface area contributed by atoms with Crippen molar-refractivity contribution >= 4 is 5.97 Å². The Hall–Kier alpha value is -1.44. The highest BCUT2D eigenvalue weighted by Crippen LogP contribution is 2.07. The number of methoxy groups -OCH3 is 2. The van der Waals surface area contributed by atoms with Gasteiger partial charge in [0.25, 0.3) is 0 Å². The van der Waals surface area contributed by atoms with Crippen LogP contribution in [0, 0.1) is 0 Å². The summed E-state index contributed by atoms with van der Waals surface area (Å²) in [5.41, 5.74) is 0.848. The minimum Gasteiger partial charge on any atom is -0.478 e. The average Bonchev–Trinajstić information content (AvgIpc) is 2.70. The van der Waals surface area contributed by atoms with Gasteiger partial charge in [-0.25, -0.2) is 4.79 Å². The first-order chi connectivity index (χ1) is 8.60. The Balaban J connectivity index is 2.53. The summed E-state index contributed by atoms with van der Waals surface area (Å²) in [4.78, 5) is 11.0. The SMILES string of the molecule is COCC(CNCc1c(C(=O)O)cnn1C)OC. The number of nitrogens with zero attached hydrogens (tertiary/aromatic N) is 2. The molecular weight excluding hydrogens is 238 g/mol. The predicted molar refractivity (Wildman–Crippen MR) is 64.5 cm³/mol. The van der Waals surface area contributed by atoms with Crippen LogP contribution < -0.4 is 5.32 Å². The standard InChI is InChI=1S/C11H19N3O4/c1-14-10(9(5-13-14)11(15)16)6-12-4-8(18-3)7-17-2/h5,8,12H,4,6-7H2,1-3H3,(H,15,16). The van der Waals surface area contributed by atoms with E-state index in [1.807, 2.05) is 0 Å². The smallest absolute Gasteiger partial charge is 0.339 e. The molecule has 0 saturated heterocycles. The van der Waals surface area contributed by atoms with Crippen LogP contribution in [0.5, 0.6) is 0 Å². The Morgan fingerprint density at radius 1 is 1.61 bits per heavy atom. The molecule has 0 aliphatic rings. The van der Waals surface area contributed by atoms with Crippen molar-refractivity contribution in [2.75, 3.05) is 27.4 Å². The molecule has 1 heterocycles. The lowest BCUT2D eigenvalue weighted by atomic mass is 10.2. The maximum atomic E-state index is 11.0. The molecule has 0 amide bonds. The van der Waals surface area contributed by atoms with Gasteiger partial charge in [0.1, 0.15) is 5.56 Å². The van der Waals surface area contributed by atoms with Crippen molar-refractivity contribution in [1.82, 2.24) is 15.1 Å². The highest BCUT2D eigenvalue weighted by molar-refractivity contribution is 5.88. The predicted octanol–water partition coefficient (Wildman–Crippen LogP) is -0.131. The van der Waals surface area contributed by atoms with E-state index in [9.17, 15) is 4.79 Å². The Morgan fingerprint density at radius 3 is 2.89 bits per heavy atom. The summed E-state index contributed by atoms with van der Waals surface area (Å²) >= 11 is 0. The van der Waals surface area contributed by atoms with Crippen molar-refractivity contribution in [3.63, 3.8) is 0 Å². The monoisotopic (exact) mass is 257 g/mol. The number of carboxylic acids is 1. The Kier molecular flexibility index (Phi) is 5.76. The van der Waals surface area contributed by atoms with Crippen LogP contribution in [0.15, 0.2) is 6.20 Å². The number of hydrogen-bond donors (Lipinski definition) is 2. The lowest BCUT2D eigenvalue weighted by Gasteiger charge is -2.15. The van der Waals surface area contributed by atoms with Gasteiger partial charge in [-0.3, -0.25) is 4.68 Å². The second kappa shape index (κ2) is 7.10. The van der Waals surface area contributed by atoms with Crippen LogP contribution in [0.2, 0.25) is 0 Å². The van der Waals surface area contributed by atoms with E-state index in [0.717, 1.165) is 0 Å². The Bertz CT molecular complexity index is 392. The molecule has 0 aliphatic heterocycles. The summed E-state index contributed by atoms with van der Waals surface area (Å²) in [7, 11) is 4.93. The Labute approximate surface area is 106 Å². The molecule has 7 nitrogen and oxygen atoms in total. The molecule has 0 aromatic carbocycles. The van der Waals surface area contributed by atoms with Gasteiger partial charge >= 0.3 is 5.97 Å². The van der Waals surface area contributed by atoms with Crippen molar-refractivity contribution in [3.05, 3.63) is 17.5 Å². The van der Waals surface area contributed by atoms with Gasteiger partial charge in [0, 0.05) is 34.4 Å². The fourth-order valence-electron chi connectivity index (χ4n) is 1.60. The zero-order valence-electron chi connectivity index (χ0n) is 10.8. The number of aromatic carboxylic acids is 1. The van der Waals surface area contributed by atoms with Gasteiger partial charge in [-0.15, -0.1) is 0 Å². The van der Waals surface area contributed by atoms with Gasteiger partial charge in [0.05, 0.1) is 24.6 Å². The molecule has 1 aromatic heterocycles. The van der Waals surface area contributed by atoms with E-state index in [1.165, 1.54) is 6.20 Å². The van der Waals surface area contributed by atoms with Gasteiger partial charge in [-0.2, -0.15) is 5.10 Å². The summed E-state index contributed by atoms with van der Waals surface area (Å²) in [6, 6.07) is 0. The first kappa shape index (κ1) is 14.6. The molecule has 0 aliphatic carbocycles. The molecule has 1 atom stereocenters. The lowest BCUT2D eigenvalue weighted by molar-refractivity contribution is 0.0287. The first-order valence-electron chi connectivity index (χ1n) is 5.56. The largest absolute Gasteiger partial charge is 0.478 e. The van der Waals surface area contributed by atoms with E-state index in [-0.39, 0.29) is 11.7 Å². The molecular formula is C11H19N3O4. The van der Waals surface area contributed by atoms with E-state index < -0.39 is 5.97 Å². The van der Waals surface area contributed by atoms with Crippen molar-refractivity contribution < 1.29 is 19.4 Å². The Morgan fingerprint density at radius 2 is 2.33 bits per heavy atom. The summed E-state index contributed by atoms with van der Waals surface area (Å²) in [6.45, 7) is 1.48. The maximum absolute atomic E-state index is 11.0. The molecule has 0 spiro atoms. The van der Waals surface area contributed by atoms with Gasteiger partial charge in [0.15, 0.2) is 0 Å². The van der Waals surface area contributed by atoms with Crippen LogP contribution in [-0.4, -0.2) is 54.3 Å². The van der Waals surface area contributed by atoms with Crippen LogP contribution in [0.1, 0.15) is 16.1 Å². The molecule has 1 rings (SSSR count). The van der Waals surface area contributed by atoms with Crippen LogP contribution in [0.3, 0.4) is 0 Å². The van der Waals surface area contributed by atoms with Crippen molar-refractivity contribution in [1.29, 1.82) is 0 Å². The second-order valence-electron chi connectivity index (χ2n) is 3.88. The second-order valence-corrected chi connectivity index (χ2v) is 3.88. The molecule has 2 N–H and O–H groups in total. The van der Waals surface area contributed by atoms with Gasteiger partial charge in [-0.1, -0.05) is 0 Å². The lowest BCUT2D eigenvalue weighted by Crippen LogP contribution is -2.32. The fourth-order valence-corrected chi connectivity index (χ4v) is 1.60. The third-order valence-electron chi connectivity index (χ3n) is 2.64. The average molecular weight is 257 g/mol. The molecule has 0 fully saturated rings. The fraction of sp³-hybridized carbons (Fsp3) is 0.636. The number of carboxylic acid groups (broad SMARTS) is 1. The minimum absolute atomic E-state index is 0.0588. The normalized spacial score (nSPS) is 12.6. The summed E-state index contributed by atoms with van der Waals surface area (Å²) in [6.07, 6.45) is 1.29. The zero-order valence-corrected chi connectivity index (χ0v) is 10.8. The van der Waals surface area contributed by atoms with Crippen molar-refractivity contribution in [2.45, 2.75) is 12.6 Å². The highest BCUT2D eigenvalue weighted by Gasteiger charge is 2.15. The summed E-state index contributed by atoms with van der Waals surface area (Å²) in [5, 5.41) is 16.1. The van der Waals surface area contributed by atoms with Crippen LogP contribution in [0.25, 0.3) is 0 Å². The van der Waals surface area contributed by atoms with Crippen LogP contribution in [0.4, 0.5) is 0 Å². The first-order valence-corrected chi connectivity index (χ1v) is 5.56. The molecule has 0 radical (unpaired) electrons. The van der Waals surface area contributed by atoms with Crippen molar-refractivity contribution in [3.8, 4) is 0 Å². The molecule has 102 valence electrons. The van der Waals surface area contributed by atoms with E-state index in [0.29, 0.717) is 25.4 Å². The third-order valence-corrected chi connectivity index (χ3v) is 2.64. The molecule has 0 bridgehead atoms. The molecule has 1 unspecified atom stereocenters. The third kappa shape index (κ3) is 3.80. The summed E-state index contributed by atoms with van der Waals surface area (Å²) < 4.78 is 11.7. The minimum atomic E-state index is -0.972. The van der Waals surface area contributed by atoms with E-state index >= 15 is 0 Å². The van der Waals surface area contributed by atoms with Gasteiger partial charge in [0.2, 0.25) is 0 Å². The van der Waals surface area contributed by atoms with Crippen molar-refractivity contribution in [2.24, 2.45) is 7.05 Å². The van der Waals surface area contributed by atoms with E-state index in [4.69, 9.17) is 14.6 Å². The molecule has 0 saturated carbocycles. The quantitative estimate of drug-likeness (QED) is 0.674. The van der Waals surface area contributed by atoms with E-state index in [1.54, 1.807) is 25.9 Å². The van der Waals surface area contributed by atoms with Crippen LogP contribution >= 0.6 is 0 Å². The number of hydrogen-bond acceptors (Lipinski definition) is 5.